The van der Waals surface area contributed by atoms with Crippen molar-refractivity contribution in [1.82, 2.24) is 14.8 Å². The zero-order valence-corrected chi connectivity index (χ0v) is 9.24. The molecule has 1 rings (SSSR count). The molecule has 1 unspecified atom stereocenters. The molecule has 0 aromatic carbocycles. The van der Waals surface area contributed by atoms with Crippen molar-refractivity contribution in [2.45, 2.75) is 13.3 Å². The fourth-order valence-electron chi connectivity index (χ4n) is 1.41. The molecule has 1 atom stereocenters. The Balaban J connectivity index is 2.62. The molecule has 0 aliphatic heterocycles. The highest BCUT2D eigenvalue weighted by Crippen LogP contribution is 2.09. The average Bonchev–Trinajstić information content (AvgIpc) is 2.48. The molecule has 1 aromatic rings. The van der Waals surface area contributed by atoms with E-state index in [-0.39, 0.29) is 0 Å². The van der Waals surface area contributed by atoms with Gasteiger partial charge in [-0.3, -0.25) is 0 Å². The molecule has 0 spiro atoms. The minimum absolute atomic E-state index is 0.465. The van der Waals surface area contributed by atoms with Gasteiger partial charge in [0.25, 0.3) is 0 Å². The van der Waals surface area contributed by atoms with Crippen molar-refractivity contribution in [2.24, 2.45) is 13.0 Å². The van der Waals surface area contributed by atoms with Crippen LogP contribution in [0.2, 0.25) is 0 Å². The van der Waals surface area contributed by atoms with Crippen molar-refractivity contribution in [3.8, 4) is 0 Å². The molecular formula is C9H18N4O. The lowest BCUT2D eigenvalue weighted by Crippen LogP contribution is -2.11. The summed E-state index contributed by atoms with van der Waals surface area (Å²) < 4.78 is 7.04. The third-order valence-corrected chi connectivity index (χ3v) is 2.17. The van der Waals surface area contributed by atoms with E-state index in [9.17, 15) is 0 Å². The van der Waals surface area contributed by atoms with Crippen LogP contribution in [-0.4, -0.2) is 35.5 Å². The number of ether oxygens (including phenoxy) is 1. The first-order chi connectivity index (χ1) is 6.69. The Bertz CT molecular complexity index is 284. The first-order valence-electron chi connectivity index (χ1n) is 4.74. The Morgan fingerprint density at radius 1 is 1.50 bits per heavy atom. The van der Waals surface area contributed by atoms with Gasteiger partial charge in [0.05, 0.1) is 0 Å². The summed E-state index contributed by atoms with van der Waals surface area (Å²) >= 11 is 0. The normalized spacial score (nSPS) is 12.9. The molecule has 0 fully saturated rings. The molecule has 5 nitrogen and oxygen atoms in total. The molecule has 1 aromatic heterocycles. The number of nitrogens with zero attached hydrogens (tertiary/aromatic N) is 3. The van der Waals surface area contributed by atoms with Crippen LogP contribution < -0.4 is 5.32 Å². The van der Waals surface area contributed by atoms with Crippen LogP contribution in [0, 0.1) is 5.92 Å². The summed E-state index contributed by atoms with van der Waals surface area (Å²) in [7, 11) is 5.51. The molecule has 0 bridgehead atoms. The summed E-state index contributed by atoms with van der Waals surface area (Å²) in [6.07, 6.45) is 0.888. The van der Waals surface area contributed by atoms with E-state index in [2.05, 4.69) is 22.4 Å². The van der Waals surface area contributed by atoms with Crippen molar-refractivity contribution in [3.63, 3.8) is 0 Å². The smallest absolute Gasteiger partial charge is 0.224 e. The third kappa shape index (κ3) is 2.45. The van der Waals surface area contributed by atoms with Crippen molar-refractivity contribution in [1.29, 1.82) is 0 Å². The van der Waals surface area contributed by atoms with E-state index in [1.54, 1.807) is 7.11 Å². The van der Waals surface area contributed by atoms with E-state index in [4.69, 9.17) is 4.74 Å². The van der Waals surface area contributed by atoms with Gasteiger partial charge in [0.1, 0.15) is 5.82 Å². The van der Waals surface area contributed by atoms with Gasteiger partial charge in [0, 0.05) is 34.2 Å². The first-order valence-corrected chi connectivity index (χ1v) is 4.74. The van der Waals surface area contributed by atoms with Gasteiger partial charge in [0.15, 0.2) is 0 Å². The van der Waals surface area contributed by atoms with Gasteiger partial charge in [-0.2, -0.15) is 0 Å². The molecule has 14 heavy (non-hydrogen) atoms. The number of anilines is 1. The van der Waals surface area contributed by atoms with E-state index in [1.165, 1.54) is 0 Å². The lowest BCUT2D eigenvalue weighted by Gasteiger charge is -2.09. The number of rotatable bonds is 5. The van der Waals surface area contributed by atoms with E-state index >= 15 is 0 Å². The van der Waals surface area contributed by atoms with E-state index in [0.29, 0.717) is 5.92 Å². The van der Waals surface area contributed by atoms with Crippen molar-refractivity contribution in [2.75, 3.05) is 26.1 Å². The Kier molecular flexibility index (Phi) is 3.88. The number of hydrogen-bond donors (Lipinski definition) is 1. The number of methoxy groups -OCH3 is 1. The monoisotopic (exact) mass is 198 g/mol. The second-order valence-electron chi connectivity index (χ2n) is 3.51. The molecule has 1 N–H and O–H groups in total. The largest absolute Gasteiger partial charge is 0.384 e. The molecule has 80 valence electrons. The molecule has 1 heterocycles. The second kappa shape index (κ2) is 4.95. The van der Waals surface area contributed by atoms with Crippen molar-refractivity contribution in [3.05, 3.63) is 5.82 Å². The van der Waals surface area contributed by atoms with Crippen LogP contribution >= 0.6 is 0 Å². The zero-order valence-electron chi connectivity index (χ0n) is 9.24. The summed E-state index contributed by atoms with van der Waals surface area (Å²) in [6, 6.07) is 0. The minimum Gasteiger partial charge on any atom is -0.384 e. The molecule has 0 aliphatic carbocycles. The summed E-state index contributed by atoms with van der Waals surface area (Å²) in [4.78, 5) is 0. The topological polar surface area (TPSA) is 52.0 Å². The summed E-state index contributed by atoms with van der Waals surface area (Å²) in [6.45, 7) is 2.89. The van der Waals surface area contributed by atoms with Crippen LogP contribution in [0.5, 0.6) is 0 Å². The molecule has 0 saturated carbocycles. The van der Waals surface area contributed by atoms with E-state index < -0.39 is 0 Å². The van der Waals surface area contributed by atoms with Crippen LogP contribution in [0.15, 0.2) is 0 Å². The van der Waals surface area contributed by atoms with Gasteiger partial charge < -0.3 is 14.6 Å². The lowest BCUT2D eigenvalue weighted by atomic mass is 10.1. The van der Waals surface area contributed by atoms with E-state index in [1.807, 2.05) is 18.7 Å². The predicted molar refractivity (Wildman–Crippen MR) is 55.3 cm³/mol. The van der Waals surface area contributed by atoms with Crippen LogP contribution in [0.1, 0.15) is 12.7 Å². The maximum Gasteiger partial charge on any atom is 0.224 e. The quantitative estimate of drug-likeness (QED) is 0.756. The molecule has 0 amide bonds. The molecule has 0 radical (unpaired) electrons. The first kappa shape index (κ1) is 11.0. The predicted octanol–water partition coefficient (Wildman–Crippen LogP) is 0.682. The molecule has 0 saturated heterocycles. The summed E-state index contributed by atoms with van der Waals surface area (Å²) in [5, 5.41) is 11.1. The Hall–Kier alpha value is -1.10. The summed E-state index contributed by atoms with van der Waals surface area (Å²) in [5.41, 5.74) is 0. The number of nitrogens with one attached hydrogen (secondary N) is 1. The minimum atomic E-state index is 0.465. The average molecular weight is 198 g/mol. The van der Waals surface area contributed by atoms with Gasteiger partial charge >= 0.3 is 0 Å². The maximum atomic E-state index is 5.08. The highest BCUT2D eigenvalue weighted by Gasteiger charge is 2.10. The second-order valence-corrected chi connectivity index (χ2v) is 3.51. The molecule has 5 heteroatoms. The number of hydrogen-bond acceptors (Lipinski definition) is 4. The maximum absolute atomic E-state index is 5.08. The van der Waals surface area contributed by atoms with Gasteiger partial charge in [0.2, 0.25) is 5.95 Å². The van der Waals surface area contributed by atoms with E-state index in [0.717, 1.165) is 24.8 Å². The fraction of sp³-hybridized carbons (Fsp3) is 0.778. The Morgan fingerprint density at radius 2 is 2.21 bits per heavy atom. The Labute approximate surface area is 84.5 Å². The van der Waals surface area contributed by atoms with Crippen LogP contribution in [0.3, 0.4) is 0 Å². The lowest BCUT2D eigenvalue weighted by molar-refractivity contribution is 0.158. The van der Waals surface area contributed by atoms with Crippen LogP contribution in [0.25, 0.3) is 0 Å². The third-order valence-electron chi connectivity index (χ3n) is 2.17. The SMILES string of the molecule is CNc1nnc(CC(C)COC)n1C. The van der Waals surface area contributed by atoms with Crippen molar-refractivity contribution < 1.29 is 4.74 Å². The number of aromatic nitrogens is 3. The van der Waals surface area contributed by atoms with Crippen molar-refractivity contribution >= 4 is 5.95 Å². The van der Waals surface area contributed by atoms with Gasteiger partial charge in [-0.15, -0.1) is 10.2 Å². The summed E-state index contributed by atoms with van der Waals surface area (Å²) in [5.74, 6) is 2.25. The van der Waals surface area contributed by atoms with Gasteiger partial charge in [-0.05, 0) is 5.92 Å². The zero-order chi connectivity index (χ0) is 10.6. The molecule has 0 aliphatic rings. The fourth-order valence-corrected chi connectivity index (χ4v) is 1.41. The Morgan fingerprint density at radius 3 is 2.71 bits per heavy atom. The van der Waals surface area contributed by atoms with Crippen LogP contribution in [0.4, 0.5) is 5.95 Å². The molecular weight excluding hydrogens is 180 g/mol. The van der Waals surface area contributed by atoms with Crippen LogP contribution in [-0.2, 0) is 18.2 Å². The van der Waals surface area contributed by atoms with Gasteiger partial charge in [-0.1, -0.05) is 6.92 Å². The highest BCUT2D eigenvalue weighted by molar-refractivity contribution is 5.23. The van der Waals surface area contributed by atoms with Gasteiger partial charge in [-0.25, -0.2) is 0 Å². The highest BCUT2D eigenvalue weighted by atomic mass is 16.5. The standard InChI is InChI=1S/C9H18N4O/c1-7(6-14-4)5-8-11-12-9(10-2)13(8)3/h7H,5-6H2,1-4H3,(H,10,12).